The highest BCUT2D eigenvalue weighted by Crippen LogP contribution is 2.19. The van der Waals surface area contributed by atoms with Crippen molar-refractivity contribution in [1.82, 2.24) is 10.3 Å². The van der Waals surface area contributed by atoms with Gasteiger partial charge >= 0.3 is 5.97 Å². The molecule has 1 atom stereocenters. The Balaban J connectivity index is 2.29. The van der Waals surface area contributed by atoms with E-state index in [1.807, 2.05) is 6.07 Å². The van der Waals surface area contributed by atoms with E-state index in [1.54, 1.807) is 18.2 Å². The number of methoxy groups -OCH3 is 1. The molecule has 110 valence electrons. The van der Waals surface area contributed by atoms with Gasteiger partial charge in [-0.25, -0.2) is 9.78 Å². The van der Waals surface area contributed by atoms with Crippen LogP contribution >= 0.6 is 0 Å². The number of amides is 1. The number of fused-ring (bicyclic) bond motifs is 1. The molecule has 0 fully saturated rings. The average molecular weight is 289 g/mol. The van der Waals surface area contributed by atoms with Crippen LogP contribution in [-0.4, -0.2) is 41.7 Å². The molecule has 0 bridgehead atoms. The summed E-state index contributed by atoms with van der Waals surface area (Å²) >= 11 is 0. The van der Waals surface area contributed by atoms with Crippen molar-refractivity contribution in [3.05, 3.63) is 36.0 Å². The van der Waals surface area contributed by atoms with E-state index in [1.165, 1.54) is 13.2 Å². The van der Waals surface area contributed by atoms with Crippen LogP contribution in [0.25, 0.3) is 10.9 Å². The minimum atomic E-state index is -1.18. The highest BCUT2D eigenvalue weighted by atomic mass is 16.5. The van der Waals surface area contributed by atoms with Crippen LogP contribution < -0.4 is 11.1 Å². The number of carboxylic acid groups (broad SMARTS) is 1. The fourth-order valence-electron chi connectivity index (χ4n) is 1.89. The summed E-state index contributed by atoms with van der Waals surface area (Å²) in [5, 5.41) is 12.1. The molecule has 0 aliphatic rings. The number of anilines is 1. The van der Waals surface area contributed by atoms with E-state index < -0.39 is 17.9 Å². The summed E-state index contributed by atoms with van der Waals surface area (Å²) in [6, 6.07) is 7.40. The van der Waals surface area contributed by atoms with Crippen molar-refractivity contribution in [2.75, 3.05) is 19.5 Å². The lowest BCUT2D eigenvalue weighted by molar-refractivity contribution is -0.140. The topological polar surface area (TPSA) is 115 Å². The molecule has 0 saturated heterocycles. The van der Waals surface area contributed by atoms with Crippen molar-refractivity contribution >= 4 is 28.5 Å². The molecule has 0 aliphatic heterocycles. The van der Waals surface area contributed by atoms with Gasteiger partial charge in [0.15, 0.2) is 6.04 Å². The summed E-state index contributed by atoms with van der Waals surface area (Å²) in [5.41, 5.74) is 6.92. The van der Waals surface area contributed by atoms with Crippen LogP contribution in [-0.2, 0) is 9.53 Å². The van der Waals surface area contributed by atoms with Gasteiger partial charge in [0.2, 0.25) is 0 Å². The SMILES string of the molecule is COCC(NC(=O)c1cc(N)c2ccccc2n1)C(=O)O. The van der Waals surface area contributed by atoms with Gasteiger partial charge in [0.05, 0.1) is 12.1 Å². The van der Waals surface area contributed by atoms with Gasteiger partial charge in [0, 0.05) is 18.2 Å². The minimum absolute atomic E-state index is 0.0635. The molecule has 1 unspecified atom stereocenters. The molecule has 7 heteroatoms. The predicted octanol–water partition coefficient (Wildman–Crippen LogP) is 0.646. The number of hydrogen-bond donors (Lipinski definition) is 3. The minimum Gasteiger partial charge on any atom is -0.480 e. The Hall–Kier alpha value is -2.67. The smallest absolute Gasteiger partial charge is 0.328 e. The van der Waals surface area contributed by atoms with Crippen molar-refractivity contribution in [2.24, 2.45) is 0 Å². The first-order valence-electron chi connectivity index (χ1n) is 6.20. The summed E-state index contributed by atoms with van der Waals surface area (Å²) in [4.78, 5) is 27.3. The van der Waals surface area contributed by atoms with Gasteiger partial charge in [0.1, 0.15) is 5.69 Å². The van der Waals surface area contributed by atoms with Crippen LogP contribution in [0.15, 0.2) is 30.3 Å². The molecule has 0 aliphatic carbocycles. The zero-order valence-corrected chi connectivity index (χ0v) is 11.4. The van der Waals surface area contributed by atoms with Gasteiger partial charge in [-0.3, -0.25) is 4.79 Å². The number of carbonyl (C=O) groups is 2. The number of nitrogens with two attached hydrogens (primary N) is 1. The van der Waals surface area contributed by atoms with E-state index in [0.717, 1.165) is 5.39 Å². The number of carboxylic acids is 1. The first-order chi connectivity index (χ1) is 10.0. The summed E-state index contributed by atoms with van der Waals surface area (Å²) in [7, 11) is 1.36. The Kier molecular flexibility index (Phi) is 4.34. The second-order valence-corrected chi connectivity index (χ2v) is 4.43. The quantitative estimate of drug-likeness (QED) is 0.744. The van der Waals surface area contributed by atoms with Crippen molar-refractivity contribution in [1.29, 1.82) is 0 Å². The first kappa shape index (κ1) is 14.7. The third-order valence-corrected chi connectivity index (χ3v) is 2.92. The maximum Gasteiger partial charge on any atom is 0.328 e. The standard InChI is InChI=1S/C14H15N3O4/c1-21-7-12(14(19)20)17-13(18)11-6-9(15)8-4-2-3-5-10(8)16-11/h2-6,12H,7H2,1H3,(H2,15,16)(H,17,18)(H,19,20). The van der Waals surface area contributed by atoms with Crippen LogP contribution in [0.3, 0.4) is 0 Å². The van der Waals surface area contributed by atoms with E-state index >= 15 is 0 Å². The normalized spacial score (nSPS) is 12.0. The molecule has 4 N–H and O–H groups in total. The van der Waals surface area contributed by atoms with E-state index in [2.05, 4.69) is 10.3 Å². The zero-order valence-electron chi connectivity index (χ0n) is 11.4. The van der Waals surface area contributed by atoms with E-state index in [-0.39, 0.29) is 12.3 Å². The van der Waals surface area contributed by atoms with E-state index in [4.69, 9.17) is 15.6 Å². The van der Waals surface area contributed by atoms with Crippen molar-refractivity contribution in [3.8, 4) is 0 Å². The molecule has 7 nitrogen and oxygen atoms in total. The molecule has 21 heavy (non-hydrogen) atoms. The lowest BCUT2D eigenvalue weighted by atomic mass is 10.1. The highest BCUT2D eigenvalue weighted by molar-refractivity contribution is 6.00. The maximum absolute atomic E-state index is 12.1. The number of para-hydroxylation sites is 1. The number of nitrogen functional groups attached to an aromatic ring is 1. The molecule has 0 radical (unpaired) electrons. The molecular formula is C14H15N3O4. The first-order valence-corrected chi connectivity index (χ1v) is 6.20. The Morgan fingerprint density at radius 2 is 2.14 bits per heavy atom. The van der Waals surface area contributed by atoms with Crippen LogP contribution in [0.2, 0.25) is 0 Å². The Morgan fingerprint density at radius 1 is 1.43 bits per heavy atom. The van der Waals surface area contributed by atoms with Crippen LogP contribution in [0.4, 0.5) is 5.69 Å². The van der Waals surface area contributed by atoms with Crippen LogP contribution in [0, 0.1) is 0 Å². The number of rotatable bonds is 5. The largest absolute Gasteiger partial charge is 0.480 e. The summed E-state index contributed by atoms with van der Waals surface area (Å²) in [6.45, 7) is -0.135. The number of carbonyl (C=O) groups excluding carboxylic acids is 1. The third-order valence-electron chi connectivity index (χ3n) is 2.92. The summed E-state index contributed by atoms with van der Waals surface area (Å²) < 4.78 is 4.76. The van der Waals surface area contributed by atoms with Gasteiger partial charge < -0.3 is 20.9 Å². The van der Waals surface area contributed by atoms with Gasteiger partial charge in [-0.05, 0) is 12.1 Å². The Labute approximate surface area is 120 Å². The molecule has 1 heterocycles. The molecule has 1 aromatic carbocycles. The van der Waals surface area contributed by atoms with Crippen molar-refractivity contribution in [3.63, 3.8) is 0 Å². The number of aromatic nitrogens is 1. The summed E-state index contributed by atoms with van der Waals surface area (Å²) in [6.07, 6.45) is 0. The number of nitrogens with one attached hydrogen (secondary N) is 1. The van der Waals surface area contributed by atoms with E-state index in [0.29, 0.717) is 11.2 Å². The monoisotopic (exact) mass is 289 g/mol. The molecular weight excluding hydrogens is 274 g/mol. The fraction of sp³-hybridized carbons (Fsp3) is 0.214. The molecule has 1 aromatic heterocycles. The number of hydrogen-bond acceptors (Lipinski definition) is 5. The molecule has 0 saturated carbocycles. The molecule has 2 aromatic rings. The molecule has 1 amide bonds. The van der Waals surface area contributed by atoms with Crippen LogP contribution in [0.1, 0.15) is 10.5 Å². The van der Waals surface area contributed by atoms with Gasteiger partial charge in [0.25, 0.3) is 5.91 Å². The van der Waals surface area contributed by atoms with Crippen LogP contribution in [0.5, 0.6) is 0 Å². The number of benzene rings is 1. The Bertz CT molecular complexity index is 687. The number of nitrogens with zero attached hydrogens (tertiary/aromatic N) is 1. The third kappa shape index (κ3) is 3.26. The van der Waals surface area contributed by atoms with Gasteiger partial charge in [-0.1, -0.05) is 18.2 Å². The second-order valence-electron chi connectivity index (χ2n) is 4.43. The Morgan fingerprint density at radius 3 is 2.81 bits per heavy atom. The zero-order chi connectivity index (χ0) is 15.4. The van der Waals surface area contributed by atoms with E-state index in [9.17, 15) is 9.59 Å². The predicted molar refractivity (Wildman–Crippen MR) is 76.9 cm³/mol. The molecule has 2 rings (SSSR count). The maximum atomic E-state index is 12.1. The van der Waals surface area contributed by atoms with Crippen molar-refractivity contribution < 1.29 is 19.4 Å². The number of ether oxygens (including phenoxy) is 1. The molecule has 0 spiro atoms. The lowest BCUT2D eigenvalue weighted by Gasteiger charge is -2.13. The van der Waals surface area contributed by atoms with Gasteiger partial charge in [-0.15, -0.1) is 0 Å². The van der Waals surface area contributed by atoms with Crippen molar-refractivity contribution in [2.45, 2.75) is 6.04 Å². The number of pyridine rings is 1. The van der Waals surface area contributed by atoms with Gasteiger partial charge in [-0.2, -0.15) is 0 Å². The average Bonchev–Trinajstić information content (AvgIpc) is 2.46. The fourth-order valence-corrected chi connectivity index (χ4v) is 1.89. The highest BCUT2D eigenvalue weighted by Gasteiger charge is 2.21. The number of aliphatic carboxylic acids is 1. The summed E-state index contributed by atoms with van der Waals surface area (Å²) in [5.74, 6) is -1.80. The lowest BCUT2D eigenvalue weighted by Crippen LogP contribution is -2.44. The second kappa shape index (κ2) is 6.19.